The van der Waals surface area contributed by atoms with Crippen molar-refractivity contribution >= 4 is 15.9 Å². The third-order valence-corrected chi connectivity index (χ3v) is 6.05. The average Bonchev–Trinajstić information content (AvgIpc) is 2.42. The minimum absolute atomic E-state index is 0.490. The van der Waals surface area contributed by atoms with Crippen molar-refractivity contribution in [3.05, 3.63) is 0 Å². The second-order valence-electron chi connectivity index (χ2n) is 7.08. The topological polar surface area (TPSA) is 6.48 Å². The lowest BCUT2D eigenvalue weighted by molar-refractivity contribution is 0.128. The number of hydrogen-bond acceptors (Lipinski definition) is 2. The molecule has 0 radical (unpaired) electrons. The predicted octanol–water partition coefficient (Wildman–Crippen LogP) is 4.24. The maximum atomic E-state index is 3.80. The summed E-state index contributed by atoms with van der Waals surface area (Å²) in [7, 11) is 4.58. The Morgan fingerprint density at radius 1 is 1.15 bits per heavy atom. The number of piperidine rings is 1. The Bertz CT molecular complexity index is 243. The van der Waals surface area contributed by atoms with E-state index in [1.807, 2.05) is 0 Å². The molecule has 0 aromatic carbocycles. The van der Waals surface area contributed by atoms with E-state index in [2.05, 4.69) is 53.7 Å². The molecule has 0 aromatic rings. The van der Waals surface area contributed by atoms with Crippen molar-refractivity contribution in [2.24, 2.45) is 11.3 Å². The van der Waals surface area contributed by atoms with Crippen LogP contribution >= 0.6 is 15.9 Å². The number of hydrogen-bond donors (Lipinski definition) is 0. The van der Waals surface area contributed by atoms with Crippen LogP contribution in [-0.4, -0.2) is 55.4 Å². The lowest BCUT2D eigenvalue weighted by Gasteiger charge is -2.38. The van der Waals surface area contributed by atoms with Crippen LogP contribution in [0.25, 0.3) is 0 Å². The molecule has 1 fully saturated rings. The van der Waals surface area contributed by atoms with Gasteiger partial charge in [-0.15, -0.1) is 0 Å². The van der Waals surface area contributed by atoms with Gasteiger partial charge in [-0.2, -0.15) is 0 Å². The lowest BCUT2D eigenvalue weighted by Crippen LogP contribution is -2.41. The van der Waals surface area contributed by atoms with Gasteiger partial charge in [0.2, 0.25) is 0 Å². The number of rotatable bonds is 9. The highest BCUT2D eigenvalue weighted by Crippen LogP contribution is 2.33. The summed E-state index contributed by atoms with van der Waals surface area (Å²) in [6.45, 7) is 9.76. The van der Waals surface area contributed by atoms with Crippen LogP contribution in [0.3, 0.4) is 0 Å². The molecule has 0 bridgehead atoms. The number of nitrogens with zero attached hydrogens (tertiary/aromatic N) is 2. The highest BCUT2D eigenvalue weighted by atomic mass is 79.9. The van der Waals surface area contributed by atoms with Crippen LogP contribution in [0.5, 0.6) is 0 Å². The second-order valence-corrected chi connectivity index (χ2v) is 7.64. The average molecular weight is 347 g/mol. The van der Waals surface area contributed by atoms with E-state index in [1.54, 1.807) is 0 Å². The van der Waals surface area contributed by atoms with Gasteiger partial charge in [-0.05, 0) is 64.2 Å². The lowest BCUT2D eigenvalue weighted by atomic mass is 9.80. The first kappa shape index (κ1) is 18.4. The van der Waals surface area contributed by atoms with Gasteiger partial charge in [-0.25, -0.2) is 0 Å². The van der Waals surface area contributed by atoms with Crippen molar-refractivity contribution in [1.29, 1.82) is 0 Å². The van der Waals surface area contributed by atoms with Crippen molar-refractivity contribution in [2.45, 2.75) is 52.4 Å². The molecule has 20 heavy (non-hydrogen) atoms. The maximum Gasteiger partial charge on any atom is 0.0100 e. The molecule has 0 amide bonds. The summed E-state index contributed by atoms with van der Waals surface area (Å²) in [4.78, 5) is 5.08. The van der Waals surface area contributed by atoms with Gasteiger partial charge in [0, 0.05) is 18.4 Å². The molecular weight excluding hydrogens is 312 g/mol. The molecule has 2 nitrogen and oxygen atoms in total. The normalized spacial score (nSPS) is 18.9. The van der Waals surface area contributed by atoms with Gasteiger partial charge in [0.1, 0.15) is 0 Å². The Kier molecular flexibility index (Phi) is 8.69. The highest BCUT2D eigenvalue weighted by molar-refractivity contribution is 9.09. The fourth-order valence-corrected chi connectivity index (χ4v) is 4.58. The van der Waals surface area contributed by atoms with E-state index in [0.29, 0.717) is 5.41 Å². The monoisotopic (exact) mass is 346 g/mol. The molecule has 1 heterocycles. The van der Waals surface area contributed by atoms with Crippen molar-refractivity contribution in [2.75, 3.05) is 45.6 Å². The SMILES string of the molecule is CCCC(CBr)(CCC)CN(C)CC1CCN(C)CC1. The molecule has 3 heteroatoms. The molecule has 0 spiro atoms. The van der Waals surface area contributed by atoms with Crippen molar-refractivity contribution in [3.8, 4) is 0 Å². The first-order chi connectivity index (χ1) is 9.55. The standard InChI is InChI=1S/C17H35BrN2/c1-5-9-17(14-18,10-6-2)15-20(4)13-16-7-11-19(3)12-8-16/h16H,5-15H2,1-4H3. The summed E-state index contributed by atoms with van der Waals surface area (Å²) in [5, 5.41) is 1.15. The smallest absolute Gasteiger partial charge is 0.0100 e. The zero-order valence-corrected chi connectivity index (χ0v) is 15.7. The van der Waals surface area contributed by atoms with E-state index in [0.717, 1.165) is 11.2 Å². The van der Waals surface area contributed by atoms with Gasteiger partial charge >= 0.3 is 0 Å². The van der Waals surface area contributed by atoms with Crippen LogP contribution in [0.15, 0.2) is 0 Å². The van der Waals surface area contributed by atoms with Crippen LogP contribution in [0, 0.1) is 11.3 Å². The molecule has 1 rings (SSSR count). The molecule has 0 atom stereocenters. The van der Waals surface area contributed by atoms with Crippen LogP contribution in [0.4, 0.5) is 0 Å². The molecule has 0 aromatic heterocycles. The maximum absolute atomic E-state index is 3.80. The second kappa shape index (κ2) is 9.42. The van der Waals surface area contributed by atoms with Crippen molar-refractivity contribution in [3.63, 3.8) is 0 Å². The Labute approximate surface area is 135 Å². The molecule has 1 aliphatic rings. The molecule has 0 N–H and O–H groups in total. The summed E-state index contributed by atoms with van der Waals surface area (Å²) in [6.07, 6.45) is 8.06. The van der Waals surface area contributed by atoms with Gasteiger partial charge in [0.15, 0.2) is 0 Å². The summed E-state index contributed by atoms with van der Waals surface area (Å²) in [5.74, 6) is 0.910. The van der Waals surface area contributed by atoms with Gasteiger partial charge in [-0.1, -0.05) is 42.6 Å². The third-order valence-electron chi connectivity index (χ3n) is 4.86. The molecular formula is C17H35BrN2. The van der Waals surface area contributed by atoms with E-state index >= 15 is 0 Å². The first-order valence-electron chi connectivity index (χ1n) is 8.48. The molecule has 0 unspecified atom stereocenters. The van der Waals surface area contributed by atoms with Crippen molar-refractivity contribution in [1.82, 2.24) is 9.80 Å². The van der Waals surface area contributed by atoms with Gasteiger partial charge in [0.05, 0.1) is 0 Å². The number of alkyl halides is 1. The summed E-state index contributed by atoms with van der Waals surface area (Å²) in [6, 6.07) is 0. The van der Waals surface area contributed by atoms with Gasteiger partial charge in [-0.3, -0.25) is 0 Å². The van der Waals surface area contributed by atoms with E-state index < -0.39 is 0 Å². The Morgan fingerprint density at radius 3 is 2.15 bits per heavy atom. The zero-order valence-electron chi connectivity index (χ0n) is 14.1. The first-order valence-corrected chi connectivity index (χ1v) is 9.60. The van der Waals surface area contributed by atoms with Crippen LogP contribution < -0.4 is 0 Å². The molecule has 0 saturated carbocycles. The van der Waals surface area contributed by atoms with E-state index in [1.165, 1.54) is 64.7 Å². The van der Waals surface area contributed by atoms with Gasteiger partial charge < -0.3 is 9.80 Å². The number of likely N-dealkylation sites (tertiary alicyclic amines) is 1. The van der Waals surface area contributed by atoms with E-state index in [4.69, 9.17) is 0 Å². The fourth-order valence-electron chi connectivity index (χ4n) is 3.84. The summed E-state index contributed by atoms with van der Waals surface area (Å²) >= 11 is 3.80. The summed E-state index contributed by atoms with van der Waals surface area (Å²) < 4.78 is 0. The largest absolute Gasteiger partial charge is 0.306 e. The van der Waals surface area contributed by atoms with E-state index in [9.17, 15) is 0 Å². The van der Waals surface area contributed by atoms with E-state index in [-0.39, 0.29) is 0 Å². The molecule has 1 aliphatic heterocycles. The Balaban J connectivity index is 2.46. The number of halogens is 1. The fraction of sp³-hybridized carbons (Fsp3) is 1.00. The molecule has 1 saturated heterocycles. The van der Waals surface area contributed by atoms with Gasteiger partial charge in [0.25, 0.3) is 0 Å². The summed E-state index contributed by atoms with van der Waals surface area (Å²) in [5.41, 5.74) is 0.490. The highest BCUT2D eigenvalue weighted by Gasteiger charge is 2.29. The van der Waals surface area contributed by atoms with Crippen molar-refractivity contribution < 1.29 is 0 Å². The van der Waals surface area contributed by atoms with Crippen LogP contribution in [0.2, 0.25) is 0 Å². The zero-order chi connectivity index (χ0) is 15.0. The van der Waals surface area contributed by atoms with Crippen LogP contribution in [0.1, 0.15) is 52.4 Å². The molecule has 120 valence electrons. The third kappa shape index (κ3) is 6.03. The molecule has 0 aliphatic carbocycles. The minimum Gasteiger partial charge on any atom is -0.306 e. The Morgan fingerprint density at radius 2 is 1.70 bits per heavy atom. The quantitative estimate of drug-likeness (QED) is 0.576. The Hall–Kier alpha value is 0.400. The predicted molar refractivity (Wildman–Crippen MR) is 93.8 cm³/mol. The minimum atomic E-state index is 0.490. The van der Waals surface area contributed by atoms with Crippen LogP contribution in [-0.2, 0) is 0 Å².